The zero-order valence-electron chi connectivity index (χ0n) is 9.65. The Hall–Kier alpha value is -2.44. The summed E-state index contributed by atoms with van der Waals surface area (Å²) in [5, 5.41) is 19.6. The number of hydrogen-bond acceptors (Lipinski definition) is 5. The predicted octanol–water partition coefficient (Wildman–Crippen LogP) is 0.873. The summed E-state index contributed by atoms with van der Waals surface area (Å²) in [4.78, 5) is 14.7. The maximum atomic E-state index is 10.9. The molecule has 94 valence electrons. The van der Waals surface area contributed by atoms with Gasteiger partial charge in [-0.05, 0) is 12.5 Å². The Morgan fingerprint density at radius 2 is 2.33 bits per heavy atom. The molecule has 0 aliphatic rings. The average molecular weight is 247 g/mol. The summed E-state index contributed by atoms with van der Waals surface area (Å²) in [6, 6.07) is 1.65. The van der Waals surface area contributed by atoms with Crippen LogP contribution < -0.4 is 5.32 Å². The van der Waals surface area contributed by atoms with E-state index in [9.17, 15) is 4.79 Å². The summed E-state index contributed by atoms with van der Waals surface area (Å²) in [6.07, 6.45) is 7.13. The van der Waals surface area contributed by atoms with Crippen LogP contribution in [0.4, 0.5) is 5.69 Å². The second-order valence-electron chi connectivity index (χ2n) is 3.67. The van der Waals surface area contributed by atoms with E-state index in [0.717, 1.165) is 13.0 Å². The standard InChI is InChI=1S/C11H13N5O2/c17-11(18)9-8-12-4-2-10(9)13-3-1-6-16-7-5-14-15-16/h2,4-5,7-8H,1,3,6H2,(H,12,13)(H,17,18). The number of aryl methyl sites for hydroxylation is 1. The van der Waals surface area contributed by atoms with Crippen molar-refractivity contribution >= 4 is 11.7 Å². The van der Waals surface area contributed by atoms with E-state index in [0.29, 0.717) is 12.2 Å². The third-order valence-corrected chi connectivity index (χ3v) is 2.40. The van der Waals surface area contributed by atoms with Gasteiger partial charge in [0.05, 0.1) is 11.9 Å². The number of hydrogen-bond donors (Lipinski definition) is 2. The lowest BCUT2D eigenvalue weighted by atomic mass is 10.2. The Labute approximate surface area is 103 Å². The molecule has 7 nitrogen and oxygen atoms in total. The normalized spacial score (nSPS) is 10.2. The number of nitrogens with one attached hydrogen (secondary N) is 1. The van der Waals surface area contributed by atoms with Gasteiger partial charge < -0.3 is 10.4 Å². The van der Waals surface area contributed by atoms with Crippen LogP contribution in [-0.4, -0.2) is 37.6 Å². The van der Waals surface area contributed by atoms with Crippen molar-refractivity contribution in [1.29, 1.82) is 0 Å². The number of anilines is 1. The van der Waals surface area contributed by atoms with Gasteiger partial charge in [0.15, 0.2) is 0 Å². The van der Waals surface area contributed by atoms with E-state index in [1.54, 1.807) is 29.3 Å². The molecule has 0 atom stereocenters. The van der Waals surface area contributed by atoms with Crippen molar-refractivity contribution < 1.29 is 9.90 Å². The van der Waals surface area contributed by atoms with E-state index in [-0.39, 0.29) is 5.56 Å². The van der Waals surface area contributed by atoms with Crippen molar-refractivity contribution in [3.63, 3.8) is 0 Å². The predicted molar refractivity (Wildman–Crippen MR) is 64.3 cm³/mol. The molecule has 7 heteroatoms. The van der Waals surface area contributed by atoms with Crippen molar-refractivity contribution in [2.45, 2.75) is 13.0 Å². The summed E-state index contributed by atoms with van der Waals surface area (Å²) < 4.78 is 1.73. The topological polar surface area (TPSA) is 92.9 Å². The molecule has 0 aliphatic carbocycles. The van der Waals surface area contributed by atoms with Gasteiger partial charge in [0.2, 0.25) is 0 Å². The van der Waals surface area contributed by atoms with Crippen molar-refractivity contribution in [1.82, 2.24) is 20.0 Å². The molecule has 0 bridgehead atoms. The Kier molecular flexibility index (Phi) is 3.85. The monoisotopic (exact) mass is 247 g/mol. The highest BCUT2D eigenvalue weighted by Crippen LogP contribution is 2.13. The fraction of sp³-hybridized carbons (Fsp3) is 0.273. The Morgan fingerprint density at radius 3 is 3.06 bits per heavy atom. The molecule has 0 radical (unpaired) electrons. The van der Waals surface area contributed by atoms with Gasteiger partial charge in [-0.2, -0.15) is 0 Å². The van der Waals surface area contributed by atoms with E-state index in [1.807, 2.05) is 0 Å². The second-order valence-corrected chi connectivity index (χ2v) is 3.67. The molecule has 18 heavy (non-hydrogen) atoms. The molecule has 2 rings (SSSR count). The van der Waals surface area contributed by atoms with Gasteiger partial charge in [0.25, 0.3) is 0 Å². The van der Waals surface area contributed by atoms with Crippen LogP contribution in [0.5, 0.6) is 0 Å². The van der Waals surface area contributed by atoms with Gasteiger partial charge in [-0.15, -0.1) is 5.10 Å². The minimum atomic E-state index is -0.984. The van der Waals surface area contributed by atoms with E-state index < -0.39 is 5.97 Å². The first-order valence-corrected chi connectivity index (χ1v) is 5.52. The molecule has 0 aromatic carbocycles. The van der Waals surface area contributed by atoms with Crippen LogP contribution in [-0.2, 0) is 6.54 Å². The Balaban J connectivity index is 1.85. The lowest BCUT2D eigenvalue weighted by molar-refractivity contribution is 0.0697. The highest BCUT2D eigenvalue weighted by Gasteiger charge is 2.08. The summed E-state index contributed by atoms with van der Waals surface area (Å²) in [5.74, 6) is -0.984. The fourth-order valence-electron chi connectivity index (χ4n) is 1.54. The highest BCUT2D eigenvalue weighted by atomic mass is 16.4. The molecule has 2 aromatic rings. The van der Waals surface area contributed by atoms with Crippen molar-refractivity contribution in [3.05, 3.63) is 36.4 Å². The molecule has 2 aromatic heterocycles. The summed E-state index contributed by atoms with van der Waals surface area (Å²) in [7, 11) is 0. The fourth-order valence-corrected chi connectivity index (χ4v) is 1.54. The first-order valence-electron chi connectivity index (χ1n) is 5.52. The molecular formula is C11H13N5O2. The largest absolute Gasteiger partial charge is 0.478 e. The number of rotatable bonds is 6. The molecule has 0 spiro atoms. The summed E-state index contributed by atoms with van der Waals surface area (Å²) >= 11 is 0. The quantitative estimate of drug-likeness (QED) is 0.736. The van der Waals surface area contributed by atoms with Crippen LogP contribution in [0.3, 0.4) is 0 Å². The first kappa shape index (κ1) is 12.0. The molecule has 0 saturated heterocycles. The maximum absolute atomic E-state index is 10.9. The van der Waals surface area contributed by atoms with Crippen LogP contribution in [0, 0.1) is 0 Å². The number of pyridine rings is 1. The number of carboxylic acid groups (broad SMARTS) is 1. The second kappa shape index (κ2) is 5.76. The molecule has 0 fully saturated rings. The lowest BCUT2D eigenvalue weighted by Crippen LogP contribution is -2.10. The van der Waals surface area contributed by atoms with Crippen LogP contribution in [0.15, 0.2) is 30.9 Å². The number of carbonyl (C=O) groups is 1. The Bertz CT molecular complexity index is 512. The van der Waals surface area contributed by atoms with Gasteiger partial charge in [-0.3, -0.25) is 9.67 Å². The minimum Gasteiger partial charge on any atom is -0.478 e. The van der Waals surface area contributed by atoms with Crippen LogP contribution in [0.2, 0.25) is 0 Å². The first-order chi connectivity index (χ1) is 8.77. The molecule has 2 heterocycles. The van der Waals surface area contributed by atoms with Crippen molar-refractivity contribution in [3.8, 4) is 0 Å². The van der Waals surface area contributed by atoms with E-state index in [4.69, 9.17) is 5.11 Å². The summed E-state index contributed by atoms with van der Waals surface area (Å²) in [5.41, 5.74) is 0.759. The Morgan fingerprint density at radius 1 is 1.44 bits per heavy atom. The smallest absolute Gasteiger partial charge is 0.339 e. The highest BCUT2D eigenvalue weighted by molar-refractivity contribution is 5.93. The van der Waals surface area contributed by atoms with Crippen LogP contribution in [0.1, 0.15) is 16.8 Å². The van der Waals surface area contributed by atoms with Gasteiger partial charge in [-0.25, -0.2) is 4.79 Å². The molecule has 0 saturated carbocycles. The molecule has 0 unspecified atom stereocenters. The molecular weight excluding hydrogens is 234 g/mol. The maximum Gasteiger partial charge on any atom is 0.339 e. The van der Waals surface area contributed by atoms with Gasteiger partial charge >= 0.3 is 5.97 Å². The number of nitrogens with zero attached hydrogens (tertiary/aromatic N) is 4. The number of aromatic carboxylic acids is 1. The summed E-state index contributed by atoms with van der Waals surface area (Å²) in [6.45, 7) is 1.39. The van der Waals surface area contributed by atoms with Crippen molar-refractivity contribution in [2.24, 2.45) is 0 Å². The SMILES string of the molecule is O=C(O)c1cnccc1NCCCn1ccnn1. The average Bonchev–Trinajstić information content (AvgIpc) is 2.88. The molecule has 2 N–H and O–H groups in total. The number of aromatic nitrogens is 4. The van der Waals surface area contributed by atoms with Gasteiger partial charge in [-0.1, -0.05) is 5.21 Å². The van der Waals surface area contributed by atoms with E-state index in [1.165, 1.54) is 6.20 Å². The minimum absolute atomic E-state index is 0.179. The van der Waals surface area contributed by atoms with Crippen LogP contribution in [0.25, 0.3) is 0 Å². The molecule has 0 amide bonds. The molecule has 0 aliphatic heterocycles. The van der Waals surface area contributed by atoms with Crippen molar-refractivity contribution in [2.75, 3.05) is 11.9 Å². The third-order valence-electron chi connectivity index (χ3n) is 2.40. The van der Waals surface area contributed by atoms with E-state index in [2.05, 4.69) is 20.6 Å². The zero-order chi connectivity index (χ0) is 12.8. The zero-order valence-corrected chi connectivity index (χ0v) is 9.65. The number of carboxylic acids is 1. The van der Waals surface area contributed by atoms with Crippen LogP contribution >= 0.6 is 0 Å². The van der Waals surface area contributed by atoms with Gasteiger partial charge in [0, 0.05) is 31.7 Å². The van der Waals surface area contributed by atoms with E-state index >= 15 is 0 Å². The lowest BCUT2D eigenvalue weighted by Gasteiger charge is -2.08. The van der Waals surface area contributed by atoms with Gasteiger partial charge in [0.1, 0.15) is 5.56 Å². The third kappa shape index (κ3) is 3.03.